The highest BCUT2D eigenvalue weighted by atomic mass is 16.6. The summed E-state index contributed by atoms with van der Waals surface area (Å²) in [5, 5.41) is 5.70. The van der Waals surface area contributed by atoms with E-state index >= 15 is 0 Å². The Morgan fingerprint density at radius 2 is 1.39 bits per heavy atom. The lowest BCUT2D eigenvalue weighted by atomic mass is 9.98. The molecule has 0 aromatic heterocycles. The summed E-state index contributed by atoms with van der Waals surface area (Å²) in [4.78, 5) is 38.8. The lowest BCUT2D eigenvalue weighted by Crippen LogP contribution is -2.54. The van der Waals surface area contributed by atoms with Gasteiger partial charge in [0.2, 0.25) is 5.91 Å². The quantitative estimate of drug-likeness (QED) is 0.318. The van der Waals surface area contributed by atoms with Crippen LogP contribution in [0.15, 0.2) is 48.5 Å². The van der Waals surface area contributed by atoms with Gasteiger partial charge in [-0.3, -0.25) is 9.59 Å². The molecule has 0 aliphatic heterocycles. The van der Waals surface area contributed by atoms with Gasteiger partial charge in [-0.15, -0.1) is 0 Å². The molecule has 1 aliphatic rings. The van der Waals surface area contributed by atoms with Crippen molar-refractivity contribution in [2.24, 2.45) is 0 Å². The summed E-state index contributed by atoms with van der Waals surface area (Å²) in [6, 6.07) is 15.2. The van der Waals surface area contributed by atoms with Gasteiger partial charge >= 0.3 is 12.1 Å². The number of carbonyl (C=O) groups is 3. The maximum Gasteiger partial charge on any atom is 0.407 e. The maximum absolute atomic E-state index is 13.4. The third-order valence-corrected chi connectivity index (χ3v) is 6.73. The van der Waals surface area contributed by atoms with Gasteiger partial charge in [-0.1, -0.05) is 48.5 Å². The van der Waals surface area contributed by atoms with Crippen molar-refractivity contribution in [2.45, 2.75) is 103 Å². The van der Waals surface area contributed by atoms with Crippen LogP contribution in [0, 0.1) is 0 Å². The number of carbonyl (C=O) groups excluding carboxylic acids is 3. The average Bonchev–Trinajstić information content (AvgIpc) is 3.16. The highest BCUT2D eigenvalue weighted by Crippen LogP contribution is 2.44. The van der Waals surface area contributed by atoms with Crippen LogP contribution in [0.4, 0.5) is 4.79 Å². The van der Waals surface area contributed by atoms with Gasteiger partial charge < -0.3 is 24.8 Å². The van der Waals surface area contributed by atoms with Crippen molar-refractivity contribution >= 4 is 18.0 Å². The predicted octanol–water partition coefficient (Wildman–Crippen LogP) is 6.12. The first-order chi connectivity index (χ1) is 19.0. The molecule has 41 heavy (non-hydrogen) atoms. The van der Waals surface area contributed by atoms with Crippen molar-refractivity contribution in [1.29, 1.82) is 0 Å². The monoisotopic (exact) mass is 566 g/mol. The zero-order valence-corrected chi connectivity index (χ0v) is 25.8. The first kappa shape index (κ1) is 32.1. The van der Waals surface area contributed by atoms with E-state index in [1.54, 1.807) is 20.8 Å². The Morgan fingerprint density at radius 3 is 1.93 bits per heavy atom. The molecule has 2 N–H and O–H groups in total. The largest absolute Gasteiger partial charge is 0.460 e. The number of fused-ring (bicyclic) bond motifs is 3. The predicted molar refractivity (Wildman–Crippen MR) is 160 cm³/mol. The molecular weight excluding hydrogens is 520 g/mol. The van der Waals surface area contributed by atoms with Crippen LogP contribution in [0.2, 0.25) is 0 Å². The molecule has 2 aromatic carbocycles. The topological polar surface area (TPSA) is 103 Å². The SMILES string of the molecule is CC(C)(CCOC(C)(C)C)NC(=O)[C@H](CCC(=O)OC(C)(C)C)NC(=O)OCC1c2ccccc2-c2ccccc21. The highest BCUT2D eigenvalue weighted by molar-refractivity contribution is 5.87. The Kier molecular flexibility index (Phi) is 10.2. The molecule has 224 valence electrons. The zero-order valence-electron chi connectivity index (χ0n) is 25.8. The Labute approximate surface area is 244 Å². The lowest BCUT2D eigenvalue weighted by molar-refractivity contribution is -0.155. The molecule has 0 fully saturated rings. The number of hydrogen-bond donors (Lipinski definition) is 2. The second-order valence-corrected chi connectivity index (χ2v) is 13.2. The van der Waals surface area contributed by atoms with E-state index in [4.69, 9.17) is 14.2 Å². The maximum atomic E-state index is 13.4. The van der Waals surface area contributed by atoms with Gasteiger partial charge in [-0.2, -0.15) is 0 Å². The molecule has 2 aromatic rings. The van der Waals surface area contributed by atoms with Crippen molar-refractivity contribution in [3.8, 4) is 11.1 Å². The van der Waals surface area contributed by atoms with E-state index in [0.29, 0.717) is 13.0 Å². The normalized spacial score (nSPS) is 14.0. The molecule has 8 heteroatoms. The van der Waals surface area contributed by atoms with Crippen LogP contribution in [0.1, 0.15) is 91.7 Å². The summed E-state index contributed by atoms with van der Waals surface area (Å²) >= 11 is 0. The number of rotatable bonds is 11. The molecule has 1 aliphatic carbocycles. The summed E-state index contributed by atoms with van der Waals surface area (Å²) in [7, 11) is 0. The van der Waals surface area contributed by atoms with E-state index in [9.17, 15) is 14.4 Å². The van der Waals surface area contributed by atoms with E-state index in [1.165, 1.54) is 0 Å². The summed E-state index contributed by atoms with van der Waals surface area (Å²) in [6.07, 6.45) is -0.115. The van der Waals surface area contributed by atoms with E-state index in [1.807, 2.05) is 71.0 Å². The average molecular weight is 567 g/mol. The van der Waals surface area contributed by atoms with Gasteiger partial charge in [0.1, 0.15) is 18.2 Å². The van der Waals surface area contributed by atoms with Crippen molar-refractivity contribution < 1.29 is 28.6 Å². The molecule has 0 spiro atoms. The number of benzene rings is 2. The number of nitrogens with one attached hydrogen (secondary N) is 2. The minimum Gasteiger partial charge on any atom is -0.460 e. The standard InChI is InChI=1S/C33H46N2O6/c1-31(2,3)40-20-19-33(7,8)35-29(37)27(17-18-28(36)41-32(4,5)6)34-30(38)39-21-26-24-15-11-9-13-22(24)23-14-10-12-16-25(23)26/h9-16,26-27H,17-21H2,1-8H3,(H,34,38)(H,35,37)/t27-/m0/s1. The van der Waals surface area contributed by atoms with Gasteiger partial charge in [0.15, 0.2) is 0 Å². The van der Waals surface area contributed by atoms with Gasteiger partial charge in [-0.05, 0) is 90.5 Å². The van der Waals surface area contributed by atoms with Crippen LogP contribution >= 0.6 is 0 Å². The van der Waals surface area contributed by atoms with E-state index in [-0.39, 0.29) is 31.0 Å². The third kappa shape index (κ3) is 9.88. The summed E-state index contributed by atoms with van der Waals surface area (Å²) in [6.45, 7) is 15.7. The molecule has 0 radical (unpaired) electrons. The molecule has 8 nitrogen and oxygen atoms in total. The van der Waals surface area contributed by atoms with Gasteiger partial charge in [0.05, 0.1) is 5.60 Å². The van der Waals surface area contributed by atoms with E-state index in [0.717, 1.165) is 22.3 Å². The van der Waals surface area contributed by atoms with Gasteiger partial charge in [-0.25, -0.2) is 4.79 Å². The lowest BCUT2D eigenvalue weighted by Gasteiger charge is -2.30. The number of amides is 2. The molecule has 3 rings (SSSR count). The third-order valence-electron chi connectivity index (χ3n) is 6.73. The van der Waals surface area contributed by atoms with Gasteiger partial charge in [0.25, 0.3) is 0 Å². The summed E-state index contributed by atoms with van der Waals surface area (Å²) < 4.78 is 16.9. The van der Waals surface area contributed by atoms with Crippen molar-refractivity contribution in [2.75, 3.05) is 13.2 Å². The molecule has 0 saturated carbocycles. The van der Waals surface area contributed by atoms with Crippen molar-refractivity contribution in [3.05, 3.63) is 59.7 Å². The van der Waals surface area contributed by atoms with Crippen LogP contribution in [0.25, 0.3) is 11.1 Å². The minimum atomic E-state index is -0.985. The first-order valence-electron chi connectivity index (χ1n) is 14.3. The Balaban J connectivity index is 1.66. The summed E-state index contributed by atoms with van der Waals surface area (Å²) in [5.41, 5.74) is 2.91. The first-order valence-corrected chi connectivity index (χ1v) is 14.3. The zero-order chi connectivity index (χ0) is 30.4. The number of esters is 1. The van der Waals surface area contributed by atoms with Crippen LogP contribution in [-0.2, 0) is 23.8 Å². The molecule has 0 saturated heterocycles. The molecule has 0 heterocycles. The fourth-order valence-electron chi connectivity index (χ4n) is 4.80. The molecule has 0 bridgehead atoms. The number of ether oxygens (including phenoxy) is 3. The van der Waals surface area contributed by atoms with Crippen LogP contribution in [0.5, 0.6) is 0 Å². The molecule has 2 amide bonds. The number of alkyl carbamates (subject to hydrolysis) is 1. The summed E-state index contributed by atoms with van der Waals surface area (Å²) in [5.74, 6) is -0.950. The van der Waals surface area contributed by atoms with Crippen LogP contribution < -0.4 is 10.6 Å². The van der Waals surface area contributed by atoms with Crippen molar-refractivity contribution in [3.63, 3.8) is 0 Å². The Hall–Kier alpha value is -3.39. The minimum absolute atomic E-state index is 0.0351. The molecule has 1 atom stereocenters. The smallest absolute Gasteiger partial charge is 0.407 e. The second kappa shape index (κ2) is 13.1. The fourth-order valence-corrected chi connectivity index (χ4v) is 4.80. The molecular formula is C33H46N2O6. The Morgan fingerprint density at radius 1 is 0.829 bits per heavy atom. The van der Waals surface area contributed by atoms with Crippen LogP contribution in [-0.4, -0.2) is 54.0 Å². The molecule has 0 unspecified atom stereocenters. The van der Waals surface area contributed by atoms with Gasteiger partial charge in [0, 0.05) is 24.5 Å². The Bertz CT molecular complexity index is 1180. The van der Waals surface area contributed by atoms with E-state index in [2.05, 4.69) is 22.8 Å². The van der Waals surface area contributed by atoms with Crippen molar-refractivity contribution in [1.82, 2.24) is 10.6 Å². The second-order valence-electron chi connectivity index (χ2n) is 13.2. The highest BCUT2D eigenvalue weighted by Gasteiger charge is 2.32. The fraction of sp³-hybridized carbons (Fsp3) is 0.545. The van der Waals surface area contributed by atoms with E-state index < -0.39 is 35.2 Å². The number of hydrogen-bond acceptors (Lipinski definition) is 6. The van der Waals surface area contributed by atoms with Crippen LogP contribution in [0.3, 0.4) is 0 Å².